The normalized spacial score (nSPS) is 12.6. The first-order chi connectivity index (χ1) is 12.4. The van der Waals surface area contributed by atoms with E-state index in [0.29, 0.717) is 5.89 Å². The third-order valence-electron chi connectivity index (χ3n) is 3.68. The van der Waals surface area contributed by atoms with Gasteiger partial charge in [0.15, 0.2) is 6.04 Å². The lowest BCUT2D eigenvalue weighted by Crippen LogP contribution is -2.38. The average Bonchev–Trinajstić information content (AvgIpc) is 3.09. The molecule has 4 nitrogen and oxygen atoms in total. The molecule has 0 saturated heterocycles. The zero-order valence-electron chi connectivity index (χ0n) is 13.5. The lowest BCUT2D eigenvalue weighted by Gasteiger charge is -2.21. The Labute approximate surface area is 147 Å². The summed E-state index contributed by atoms with van der Waals surface area (Å²) in [5.41, 5.74) is 0.949. The highest BCUT2D eigenvalue weighted by atomic mass is 19.4. The van der Waals surface area contributed by atoms with Gasteiger partial charge >= 0.3 is 6.18 Å². The van der Waals surface area contributed by atoms with Crippen molar-refractivity contribution >= 4 is 5.91 Å². The number of nitrogens with one attached hydrogen (secondary N) is 1. The highest BCUT2D eigenvalue weighted by molar-refractivity contribution is 5.78. The van der Waals surface area contributed by atoms with Gasteiger partial charge in [0, 0.05) is 5.56 Å². The number of halogens is 3. The smallest absolute Gasteiger partial charge is 0.412 e. The van der Waals surface area contributed by atoms with Crippen LogP contribution in [0.1, 0.15) is 17.3 Å². The van der Waals surface area contributed by atoms with Gasteiger partial charge in [-0.25, -0.2) is 4.98 Å². The fourth-order valence-electron chi connectivity index (χ4n) is 2.48. The van der Waals surface area contributed by atoms with E-state index in [1.54, 1.807) is 30.3 Å². The van der Waals surface area contributed by atoms with Crippen molar-refractivity contribution in [3.63, 3.8) is 0 Å². The van der Waals surface area contributed by atoms with Crippen molar-refractivity contribution in [3.05, 3.63) is 78.2 Å². The molecule has 1 amide bonds. The van der Waals surface area contributed by atoms with Crippen molar-refractivity contribution in [2.45, 2.75) is 18.6 Å². The van der Waals surface area contributed by atoms with Crippen molar-refractivity contribution in [3.8, 4) is 11.5 Å². The monoisotopic (exact) mass is 360 g/mol. The van der Waals surface area contributed by atoms with E-state index in [4.69, 9.17) is 4.42 Å². The molecular formula is C19H15F3N2O2. The van der Waals surface area contributed by atoms with E-state index in [0.717, 1.165) is 5.56 Å². The van der Waals surface area contributed by atoms with Gasteiger partial charge in [0.1, 0.15) is 6.26 Å². The number of hydrogen-bond donors (Lipinski definition) is 1. The number of carbonyl (C=O) groups is 1. The Bertz CT molecular complexity index is 861. The van der Waals surface area contributed by atoms with Crippen LogP contribution in [0, 0.1) is 0 Å². The summed E-state index contributed by atoms with van der Waals surface area (Å²) in [7, 11) is 0. The minimum absolute atomic E-state index is 0.0292. The van der Waals surface area contributed by atoms with Crippen LogP contribution in [0.4, 0.5) is 13.2 Å². The Morgan fingerprint density at radius 1 is 1.04 bits per heavy atom. The molecule has 1 heterocycles. The van der Waals surface area contributed by atoms with Crippen LogP contribution < -0.4 is 5.32 Å². The molecule has 134 valence electrons. The van der Waals surface area contributed by atoms with Crippen molar-refractivity contribution in [2.75, 3.05) is 0 Å². The SMILES string of the molecule is O=C(Cc1coc(-c2ccccc2)n1)NC(c1ccccc1)C(F)(F)F. The van der Waals surface area contributed by atoms with Crippen LogP contribution in [0.15, 0.2) is 71.3 Å². The predicted octanol–water partition coefficient (Wildman–Crippen LogP) is 4.30. The number of carbonyl (C=O) groups excluding carboxylic acids is 1. The molecule has 0 aliphatic rings. The minimum atomic E-state index is -4.60. The van der Waals surface area contributed by atoms with Crippen molar-refractivity contribution in [2.24, 2.45) is 0 Å². The van der Waals surface area contributed by atoms with Crippen LogP contribution in [-0.4, -0.2) is 17.1 Å². The number of amides is 1. The van der Waals surface area contributed by atoms with Crippen LogP contribution in [0.3, 0.4) is 0 Å². The zero-order chi connectivity index (χ0) is 18.6. The number of aromatic nitrogens is 1. The molecule has 0 spiro atoms. The summed E-state index contributed by atoms with van der Waals surface area (Å²) in [6, 6.07) is 14.2. The molecule has 3 aromatic rings. The van der Waals surface area contributed by atoms with Gasteiger partial charge in [0.05, 0.1) is 12.1 Å². The van der Waals surface area contributed by atoms with E-state index < -0.39 is 18.1 Å². The summed E-state index contributed by atoms with van der Waals surface area (Å²) in [5.74, 6) is -0.479. The van der Waals surface area contributed by atoms with Gasteiger partial charge in [-0.15, -0.1) is 0 Å². The number of rotatable bonds is 5. The lowest BCUT2D eigenvalue weighted by atomic mass is 10.1. The van der Waals surface area contributed by atoms with E-state index in [1.165, 1.54) is 30.5 Å². The second-order valence-electron chi connectivity index (χ2n) is 5.64. The number of hydrogen-bond acceptors (Lipinski definition) is 3. The Morgan fingerprint density at radius 2 is 1.65 bits per heavy atom. The Balaban J connectivity index is 1.71. The first-order valence-corrected chi connectivity index (χ1v) is 7.84. The van der Waals surface area contributed by atoms with E-state index in [1.807, 2.05) is 11.4 Å². The van der Waals surface area contributed by atoms with Gasteiger partial charge in [-0.1, -0.05) is 48.5 Å². The average molecular weight is 360 g/mol. The van der Waals surface area contributed by atoms with Gasteiger partial charge in [0.2, 0.25) is 11.8 Å². The Morgan fingerprint density at radius 3 is 2.27 bits per heavy atom. The second kappa shape index (κ2) is 7.43. The van der Waals surface area contributed by atoms with E-state index in [2.05, 4.69) is 4.98 Å². The zero-order valence-corrected chi connectivity index (χ0v) is 13.5. The molecule has 3 rings (SSSR count). The first-order valence-electron chi connectivity index (χ1n) is 7.84. The second-order valence-corrected chi connectivity index (χ2v) is 5.64. The molecular weight excluding hydrogens is 345 g/mol. The third-order valence-corrected chi connectivity index (χ3v) is 3.68. The predicted molar refractivity (Wildman–Crippen MR) is 89.0 cm³/mol. The molecule has 0 saturated carbocycles. The summed E-state index contributed by atoms with van der Waals surface area (Å²) in [6.07, 6.45) is -3.64. The maximum absolute atomic E-state index is 13.3. The van der Waals surface area contributed by atoms with E-state index >= 15 is 0 Å². The van der Waals surface area contributed by atoms with Crippen molar-refractivity contribution in [1.29, 1.82) is 0 Å². The van der Waals surface area contributed by atoms with Crippen LogP contribution in [0.2, 0.25) is 0 Å². The Kier molecular flexibility index (Phi) is 5.06. The number of nitrogens with zero attached hydrogens (tertiary/aromatic N) is 1. The minimum Gasteiger partial charge on any atom is -0.444 e. The maximum Gasteiger partial charge on any atom is 0.412 e. The van der Waals surface area contributed by atoms with Gasteiger partial charge < -0.3 is 9.73 Å². The summed E-state index contributed by atoms with van der Waals surface area (Å²) in [4.78, 5) is 16.2. The summed E-state index contributed by atoms with van der Waals surface area (Å²) in [6.45, 7) is 0. The van der Waals surface area contributed by atoms with E-state index in [9.17, 15) is 18.0 Å². The molecule has 0 bridgehead atoms. The van der Waals surface area contributed by atoms with Crippen LogP contribution >= 0.6 is 0 Å². The highest BCUT2D eigenvalue weighted by Crippen LogP contribution is 2.32. The van der Waals surface area contributed by atoms with Crippen LogP contribution in [0.25, 0.3) is 11.5 Å². The highest BCUT2D eigenvalue weighted by Gasteiger charge is 2.41. The molecule has 1 unspecified atom stereocenters. The molecule has 1 N–H and O–H groups in total. The molecule has 0 fully saturated rings. The number of oxazole rings is 1. The molecule has 26 heavy (non-hydrogen) atoms. The maximum atomic E-state index is 13.3. The summed E-state index contributed by atoms with van der Waals surface area (Å²) >= 11 is 0. The molecule has 1 aromatic heterocycles. The van der Waals surface area contributed by atoms with Crippen molar-refractivity contribution < 1.29 is 22.4 Å². The molecule has 7 heteroatoms. The van der Waals surface area contributed by atoms with E-state index in [-0.39, 0.29) is 17.7 Å². The quantitative estimate of drug-likeness (QED) is 0.738. The summed E-state index contributed by atoms with van der Waals surface area (Å²) in [5, 5.41) is 2.03. The summed E-state index contributed by atoms with van der Waals surface area (Å²) < 4.78 is 45.1. The van der Waals surface area contributed by atoms with Gasteiger partial charge in [-0.05, 0) is 17.7 Å². The van der Waals surface area contributed by atoms with Crippen LogP contribution in [-0.2, 0) is 11.2 Å². The molecule has 0 aliphatic heterocycles. The number of benzene rings is 2. The standard InChI is InChI=1S/C19H15F3N2O2/c20-19(21,22)17(13-7-3-1-4-8-13)24-16(25)11-15-12-26-18(23-15)14-9-5-2-6-10-14/h1-10,12,17H,11H2,(H,24,25). The van der Waals surface area contributed by atoms with Gasteiger partial charge in [0.25, 0.3) is 0 Å². The third kappa shape index (κ3) is 4.30. The molecule has 0 aliphatic carbocycles. The largest absolute Gasteiger partial charge is 0.444 e. The lowest BCUT2D eigenvalue weighted by molar-refractivity contribution is -0.163. The topological polar surface area (TPSA) is 55.1 Å². The first kappa shape index (κ1) is 17.7. The fourth-order valence-corrected chi connectivity index (χ4v) is 2.48. The van der Waals surface area contributed by atoms with Gasteiger partial charge in [-0.3, -0.25) is 4.79 Å². The number of alkyl halides is 3. The Hall–Kier alpha value is -3.09. The molecule has 2 aromatic carbocycles. The molecule has 0 radical (unpaired) electrons. The fraction of sp³-hybridized carbons (Fsp3) is 0.158. The van der Waals surface area contributed by atoms with Gasteiger partial charge in [-0.2, -0.15) is 13.2 Å². The van der Waals surface area contributed by atoms with Crippen LogP contribution in [0.5, 0.6) is 0 Å². The molecule has 1 atom stereocenters. The van der Waals surface area contributed by atoms with Crippen molar-refractivity contribution in [1.82, 2.24) is 10.3 Å².